The van der Waals surface area contributed by atoms with Crippen molar-refractivity contribution in [1.29, 1.82) is 0 Å². The maximum Gasteiger partial charge on any atom is 0.303 e. The third-order valence-electron chi connectivity index (χ3n) is 5.98. The zero-order valence-electron chi connectivity index (χ0n) is 19.1. The van der Waals surface area contributed by atoms with E-state index < -0.39 is 5.97 Å². The highest BCUT2D eigenvalue weighted by atomic mass is 16.5. The van der Waals surface area contributed by atoms with E-state index in [1.165, 1.54) is 11.1 Å². The molecule has 33 heavy (non-hydrogen) atoms. The molecule has 6 heteroatoms. The quantitative estimate of drug-likeness (QED) is 0.530. The predicted molar refractivity (Wildman–Crippen MR) is 130 cm³/mol. The van der Waals surface area contributed by atoms with Gasteiger partial charge in [0.05, 0.1) is 0 Å². The summed E-state index contributed by atoms with van der Waals surface area (Å²) < 4.78 is 5.89. The summed E-state index contributed by atoms with van der Waals surface area (Å²) in [4.78, 5) is 20.1. The van der Waals surface area contributed by atoms with Crippen molar-refractivity contribution >= 4 is 11.8 Å². The molecule has 1 saturated heterocycles. The van der Waals surface area contributed by atoms with Gasteiger partial charge in [0, 0.05) is 45.3 Å². The number of rotatable bonds is 9. The number of aromatic nitrogens is 1. The summed E-state index contributed by atoms with van der Waals surface area (Å²) in [6.07, 6.45) is 2.62. The van der Waals surface area contributed by atoms with Crippen molar-refractivity contribution in [3.05, 3.63) is 89.1 Å². The monoisotopic (exact) mass is 445 g/mol. The third kappa shape index (κ3) is 6.80. The molecule has 6 nitrogen and oxygen atoms in total. The molecule has 0 radical (unpaired) electrons. The van der Waals surface area contributed by atoms with Crippen LogP contribution in [0.3, 0.4) is 0 Å². The molecule has 1 fully saturated rings. The number of carboxylic acid groups (broad SMARTS) is 1. The van der Waals surface area contributed by atoms with Crippen molar-refractivity contribution in [3.8, 4) is 5.75 Å². The van der Waals surface area contributed by atoms with E-state index in [9.17, 15) is 4.79 Å². The summed E-state index contributed by atoms with van der Waals surface area (Å²) in [5, 5.41) is 8.78. The highest BCUT2D eigenvalue weighted by molar-refractivity contribution is 5.67. The zero-order chi connectivity index (χ0) is 23.0. The summed E-state index contributed by atoms with van der Waals surface area (Å²) in [7, 11) is 0. The first-order valence-electron chi connectivity index (χ1n) is 11.5. The summed E-state index contributed by atoms with van der Waals surface area (Å²) in [6, 6.07) is 20.5. The summed E-state index contributed by atoms with van der Waals surface area (Å²) in [5.41, 5.74) is 4.63. The maximum atomic E-state index is 10.7. The molecule has 1 aliphatic heterocycles. The SMILES string of the molecule is Cc1ccc(N2CCN(Cc3ccc(COc4ccc(CCC(=O)O)cc4)cc3)CC2)nc1. The van der Waals surface area contributed by atoms with Gasteiger partial charge in [0.1, 0.15) is 18.2 Å². The lowest BCUT2D eigenvalue weighted by atomic mass is 10.1. The minimum Gasteiger partial charge on any atom is -0.489 e. The van der Waals surface area contributed by atoms with Gasteiger partial charge in [-0.25, -0.2) is 4.98 Å². The van der Waals surface area contributed by atoms with E-state index in [0.29, 0.717) is 13.0 Å². The molecule has 4 rings (SSSR count). The van der Waals surface area contributed by atoms with Crippen molar-refractivity contribution < 1.29 is 14.6 Å². The van der Waals surface area contributed by atoms with E-state index in [1.807, 2.05) is 30.5 Å². The van der Waals surface area contributed by atoms with Gasteiger partial charge < -0.3 is 14.7 Å². The smallest absolute Gasteiger partial charge is 0.303 e. The second-order valence-electron chi connectivity index (χ2n) is 8.60. The van der Waals surface area contributed by atoms with E-state index in [1.54, 1.807) is 0 Å². The Bertz CT molecular complexity index is 1030. The van der Waals surface area contributed by atoms with Gasteiger partial charge in [0.15, 0.2) is 0 Å². The van der Waals surface area contributed by atoms with E-state index in [2.05, 4.69) is 58.1 Å². The Morgan fingerprint density at radius 2 is 1.58 bits per heavy atom. The molecule has 1 N–H and O–H groups in total. The standard InChI is InChI=1S/C27H31N3O3/c1-21-2-12-26(28-18-21)30-16-14-29(15-17-30)19-23-3-5-24(6-4-23)20-33-25-10-7-22(8-11-25)9-13-27(31)32/h2-8,10-12,18H,9,13-17,19-20H2,1H3,(H,31,32). The largest absolute Gasteiger partial charge is 0.489 e. The van der Waals surface area contributed by atoms with Crippen molar-refractivity contribution in [3.63, 3.8) is 0 Å². The first kappa shape index (κ1) is 22.8. The second-order valence-corrected chi connectivity index (χ2v) is 8.60. The predicted octanol–water partition coefficient (Wildman–Crippen LogP) is 4.31. The number of aryl methyl sites for hydroxylation is 2. The molecule has 3 aromatic rings. The van der Waals surface area contributed by atoms with Gasteiger partial charge in [-0.2, -0.15) is 0 Å². The molecule has 0 unspecified atom stereocenters. The van der Waals surface area contributed by atoms with E-state index in [4.69, 9.17) is 9.84 Å². The number of aliphatic carboxylic acids is 1. The average Bonchev–Trinajstić information content (AvgIpc) is 2.84. The van der Waals surface area contributed by atoms with Crippen molar-refractivity contribution in [2.75, 3.05) is 31.1 Å². The number of nitrogens with zero attached hydrogens (tertiary/aromatic N) is 3. The van der Waals surface area contributed by atoms with Crippen molar-refractivity contribution in [2.45, 2.75) is 32.9 Å². The molecule has 2 aromatic carbocycles. The Labute approximate surface area is 195 Å². The number of carbonyl (C=O) groups is 1. The summed E-state index contributed by atoms with van der Waals surface area (Å²) in [5.74, 6) is 1.08. The third-order valence-corrected chi connectivity index (χ3v) is 5.98. The Hall–Kier alpha value is -3.38. The van der Waals surface area contributed by atoms with Crippen LogP contribution in [0.2, 0.25) is 0 Å². The molecule has 2 heterocycles. The molecule has 1 aliphatic rings. The van der Waals surface area contributed by atoms with Crippen LogP contribution in [0.25, 0.3) is 0 Å². The van der Waals surface area contributed by atoms with Gasteiger partial charge in [-0.1, -0.05) is 42.5 Å². The first-order valence-corrected chi connectivity index (χ1v) is 11.5. The van der Waals surface area contributed by atoms with Gasteiger partial charge in [-0.05, 0) is 53.8 Å². The molecule has 172 valence electrons. The maximum absolute atomic E-state index is 10.7. The second kappa shape index (κ2) is 11.0. The van der Waals surface area contributed by atoms with Crippen LogP contribution in [0.15, 0.2) is 66.9 Å². The molecule has 0 saturated carbocycles. The number of carboxylic acids is 1. The van der Waals surface area contributed by atoms with Gasteiger partial charge in [0.2, 0.25) is 0 Å². The van der Waals surface area contributed by atoms with Crippen LogP contribution in [0.5, 0.6) is 5.75 Å². The number of benzene rings is 2. The van der Waals surface area contributed by atoms with Gasteiger partial charge in [-0.3, -0.25) is 9.69 Å². The summed E-state index contributed by atoms with van der Waals surface area (Å²) >= 11 is 0. The fraction of sp³-hybridized carbons (Fsp3) is 0.333. The van der Waals surface area contributed by atoms with Crippen LogP contribution in [0.1, 0.15) is 28.7 Å². The van der Waals surface area contributed by atoms with Crippen molar-refractivity contribution in [2.24, 2.45) is 0 Å². The Kier molecular flexibility index (Phi) is 7.58. The molecule has 0 atom stereocenters. The van der Waals surface area contributed by atoms with Gasteiger partial charge in [-0.15, -0.1) is 0 Å². The normalized spacial score (nSPS) is 14.3. The lowest BCUT2D eigenvalue weighted by Crippen LogP contribution is -2.46. The number of hydrogen-bond donors (Lipinski definition) is 1. The molecule has 1 aromatic heterocycles. The molecular weight excluding hydrogens is 414 g/mol. The summed E-state index contributed by atoms with van der Waals surface area (Å²) in [6.45, 7) is 7.58. The van der Waals surface area contributed by atoms with Crippen LogP contribution in [-0.2, 0) is 24.4 Å². The van der Waals surface area contributed by atoms with Crippen LogP contribution >= 0.6 is 0 Å². The number of pyridine rings is 1. The first-order chi connectivity index (χ1) is 16.0. The van der Waals surface area contributed by atoms with E-state index in [-0.39, 0.29) is 6.42 Å². The fourth-order valence-electron chi connectivity index (χ4n) is 3.95. The van der Waals surface area contributed by atoms with Crippen LogP contribution in [0.4, 0.5) is 5.82 Å². The fourth-order valence-corrected chi connectivity index (χ4v) is 3.95. The molecule has 0 spiro atoms. The Morgan fingerprint density at radius 3 is 2.21 bits per heavy atom. The lowest BCUT2D eigenvalue weighted by molar-refractivity contribution is -0.136. The van der Waals surface area contributed by atoms with Gasteiger partial charge in [0.25, 0.3) is 0 Å². The minimum atomic E-state index is -0.777. The van der Waals surface area contributed by atoms with Crippen LogP contribution in [-0.4, -0.2) is 47.1 Å². The van der Waals surface area contributed by atoms with Crippen LogP contribution < -0.4 is 9.64 Å². The van der Waals surface area contributed by atoms with E-state index >= 15 is 0 Å². The number of ether oxygens (including phenoxy) is 1. The number of hydrogen-bond acceptors (Lipinski definition) is 5. The van der Waals surface area contributed by atoms with Crippen molar-refractivity contribution in [1.82, 2.24) is 9.88 Å². The number of anilines is 1. The minimum absolute atomic E-state index is 0.145. The van der Waals surface area contributed by atoms with Gasteiger partial charge >= 0.3 is 5.97 Å². The molecule has 0 bridgehead atoms. The molecule has 0 aliphatic carbocycles. The average molecular weight is 446 g/mol. The Morgan fingerprint density at radius 1 is 0.909 bits per heavy atom. The Balaban J connectivity index is 1.21. The lowest BCUT2D eigenvalue weighted by Gasteiger charge is -2.35. The molecular formula is C27H31N3O3. The highest BCUT2D eigenvalue weighted by Crippen LogP contribution is 2.18. The zero-order valence-corrected chi connectivity index (χ0v) is 19.1. The highest BCUT2D eigenvalue weighted by Gasteiger charge is 2.18. The van der Waals surface area contributed by atoms with E-state index in [0.717, 1.165) is 55.4 Å². The van der Waals surface area contributed by atoms with Crippen LogP contribution in [0, 0.1) is 6.92 Å². The number of piperazine rings is 1. The topological polar surface area (TPSA) is 65.9 Å². The molecule has 0 amide bonds.